The zero-order valence-corrected chi connectivity index (χ0v) is 33.6. The number of hydrogen-bond donors (Lipinski definition) is 0. The first-order valence-corrected chi connectivity index (χ1v) is 20.1. The molecule has 0 spiro atoms. The maximum absolute atomic E-state index is 2.49. The first-order chi connectivity index (χ1) is 27.7. The van der Waals surface area contributed by atoms with Crippen LogP contribution >= 0.6 is 0 Å². The van der Waals surface area contributed by atoms with Gasteiger partial charge in [-0.05, 0) is 166 Å². The molecule has 276 valence electrons. The Morgan fingerprint density at radius 2 is 0.807 bits per heavy atom. The van der Waals surface area contributed by atoms with Crippen molar-refractivity contribution < 1.29 is 0 Å². The van der Waals surface area contributed by atoms with E-state index >= 15 is 0 Å². The number of nitrogens with zero attached hydrogens (tertiary/aromatic N) is 2. The van der Waals surface area contributed by atoms with Crippen LogP contribution in [0.15, 0.2) is 170 Å². The zero-order valence-electron chi connectivity index (χ0n) is 33.6. The minimum absolute atomic E-state index is 0.268. The number of aryl methyl sites for hydroxylation is 4. The molecule has 2 nitrogen and oxygen atoms in total. The SMILES string of the molecule is Cc1ccc(N(c2ccc3c(c2)C(C)(C)c2cc(N(c4ccc(C)c(C)c4)c4ccc5ccccc5c4)c4ccccc4c2-3)c2ccc3ccccc3c2)cc1C. The number of fused-ring (bicyclic) bond motifs is 7. The predicted octanol–water partition coefficient (Wildman–Crippen LogP) is 15.6. The van der Waals surface area contributed by atoms with Gasteiger partial charge < -0.3 is 9.80 Å². The minimum atomic E-state index is -0.268. The molecule has 1 aliphatic rings. The Morgan fingerprint density at radius 1 is 0.351 bits per heavy atom. The van der Waals surface area contributed by atoms with Crippen LogP contribution in [0.2, 0.25) is 0 Å². The van der Waals surface area contributed by atoms with Crippen LogP contribution in [0.3, 0.4) is 0 Å². The number of rotatable bonds is 6. The summed E-state index contributed by atoms with van der Waals surface area (Å²) in [7, 11) is 0. The Balaban J connectivity index is 1.18. The quantitative estimate of drug-likeness (QED) is 0.168. The van der Waals surface area contributed by atoms with Gasteiger partial charge in [0.2, 0.25) is 0 Å². The Morgan fingerprint density at radius 3 is 1.40 bits per heavy atom. The molecule has 0 aromatic heterocycles. The lowest BCUT2D eigenvalue weighted by Crippen LogP contribution is -2.18. The summed E-state index contributed by atoms with van der Waals surface area (Å²) in [5, 5.41) is 7.47. The highest BCUT2D eigenvalue weighted by Gasteiger charge is 2.38. The number of anilines is 6. The summed E-state index contributed by atoms with van der Waals surface area (Å²) in [6, 6.07) is 63.4. The summed E-state index contributed by atoms with van der Waals surface area (Å²) >= 11 is 0. The topological polar surface area (TPSA) is 6.48 Å². The lowest BCUT2D eigenvalue weighted by atomic mass is 9.81. The smallest absolute Gasteiger partial charge is 0.0543 e. The molecular weight excluding hydrogens is 689 g/mol. The fraction of sp³-hybridized carbons (Fsp3) is 0.127. The van der Waals surface area contributed by atoms with Crippen LogP contribution < -0.4 is 9.80 Å². The maximum atomic E-state index is 2.49. The summed E-state index contributed by atoms with van der Waals surface area (Å²) in [5.41, 5.74) is 17.2. The van der Waals surface area contributed by atoms with Crippen LogP contribution in [0, 0.1) is 27.7 Å². The summed E-state index contributed by atoms with van der Waals surface area (Å²) in [6.45, 7) is 13.6. The van der Waals surface area contributed by atoms with Gasteiger partial charge in [-0.1, -0.05) is 117 Å². The van der Waals surface area contributed by atoms with Gasteiger partial charge in [0, 0.05) is 39.2 Å². The van der Waals surface area contributed by atoms with Crippen molar-refractivity contribution in [2.45, 2.75) is 47.0 Å². The Kier molecular flexibility index (Phi) is 8.09. The lowest BCUT2D eigenvalue weighted by Gasteiger charge is -2.30. The van der Waals surface area contributed by atoms with Crippen molar-refractivity contribution in [2.24, 2.45) is 0 Å². The molecule has 0 bridgehead atoms. The van der Waals surface area contributed by atoms with E-state index in [-0.39, 0.29) is 5.41 Å². The molecule has 0 atom stereocenters. The van der Waals surface area contributed by atoms with E-state index in [0.29, 0.717) is 0 Å². The summed E-state index contributed by atoms with van der Waals surface area (Å²) in [5.74, 6) is 0. The highest BCUT2D eigenvalue weighted by molar-refractivity contribution is 6.10. The van der Waals surface area contributed by atoms with E-state index in [1.165, 1.54) is 82.5 Å². The van der Waals surface area contributed by atoms with Gasteiger partial charge >= 0.3 is 0 Å². The molecule has 9 aromatic rings. The molecule has 2 heteroatoms. The van der Waals surface area contributed by atoms with Gasteiger partial charge in [-0.15, -0.1) is 0 Å². The van der Waals surface area contributed by atoms with E-state index in [2.05, 4.69) is 221 Å². The van der Waals surface area contributed by atoms with Crippen molar-refractivity contribution >= 4 is 66.4 Å². The lowest BCUT2D eigenvalue weighted by molar-refractivity contribution is 0.661. The van der Waals surface area contributed by atoms with E-state index in [9.17, 15) is 0 Å². The minimum Gasteiger partial charge on any atom is -0.310 e. The summed E-state index contributed by atoms with van der Waals surface area (Å²) in [4.78, 5) is 4.91. The number of benzene rings is 9. The van der Waals surface area contributed by atoms with Crippen LogP contribution in [0.1, 0.15) is 47.2 Å². The van der Waals surface area contributed by atoms with Gasteiger partial charge in [0.25, 0.3) is 0 Å². The van der Waals surface area contributed by atoms with E-state index in [4.69, 9.17) is 0 Å². The monoisotopic (exact) mass is 734 g/mol. The molecule has 0 amide bonds. The van der Waals surface area contributed by atoms with Crippen LogP contribution in [0.4, 0.5) is 34.1 Å². The van der Waals surface area contributed by atoms with Crippen molar-refractivity contribution in [1.82, 2.24) is 0 Å². The van der Waals surface area contributed by atoms with Gasteiger partial charge in [0.05, 0.1) is 5.69 Å². The third-order valence-corrected chi connectivity index (χ3v) is 12.6. The van der Waals surface area contributed by atoms with Gasteiger partial charge in [-0.2, -0.15) is 0 Å². The molecule has 0 fully saturated rings. The summed E-state index contributed by atoms with van der Waals surface area (Å²) in [6.07, 6.45) is 0. The standard InChI is InChI=1S/C55H46N2/c1-35-19-23-43(29-37(35)3)56(45-25-21-39-13-7-9-15-41(39)31-45)47-27-28-50-51(33-47)55(5,6)52-34-53(48-17-11-12-18-49(48)54(50)52)57(44-24-20-36(2)38(4)30-44)46-26-22-40-14-8-10-16-42(40)32-46/h7-34H,1-6H3. The molecule has 1 aliphatic carbocycles. The van der Waals surface area contributed by atoms with Crippen molar-refractivity contribution in [3.63, 3.8) is 0 Å². The van der Waals surface area contributed by atoms with E-state index in [1.807, 2.05) is 0 Å². The van der Waals surface area contributed by atoms with Gasteiger partial charge in [0.15, 0.2) is 0 Å². The van der Waals surface area contributed by atoms with Crippen LogP contribution in [-0.2, 0) is 5.41 Å². The second-order valence-corrected chi connectivity index (χ2v) is 16.5. The Hall–Kier alpha value is -6.64. The second kappa shape index (κ2) is 13.2. The van der Waals surface area contributed by atoms with Crippen molar-refractivity contribution in [3.8, 4) is 11.1 Å². The van der Waals surface area contributed by atoms with E-state index in [1.54, 1.807) is 0 Å². The van der Waals surface area contributed by atoms with Crippen molar-refractivity contribution in [1.29, 1.82) is 0 Å². The molecule has 0 aliphatic heterocycles. The zero-order chi connectivity index (χ0) is 39.0. The normalized spacial score (nSPS) is 12.9. The van der Waals surface area contributed by atoms with Crippen molar-refractivity contribution in [3.05, 3.63) is 203 Å². The largest absolute Gasteiger partial charge is 0.310 e. The molecule has 57 heavy (non-hydrogen) atoms. The third kappa shape index (κ3) is 5.70. The van der Waals surface area contributed by atoms with Gasteiger partial charge in [-0.25, -0.2) is 0 Å². The highest BCUT2D eigenvalue weighted by Crippen LogP contribution is 2.56. The molecular formula is C55H46N2. The molecule has 9 aromatic carbocycles. The Labute approximate surface area is 336 Å². The molecule has 0 radical (unpaired) electrons. The fourth-order valence-corrected chi connectivity index (χ4v) is 9.11. The predicted molar refractivity (Wildman–Crippen MR) is 245 cm³/mol. The average Bonchev–Trinajstić information content (AvgIpc) is 3.46. The summed E-state index contributed by atoms with van der Waals surface area (Å²) < 4.78 is 0. The fourth-order valence-electron chi connectivity index (χ4n) is 9.11. The van der Waals surface area contributed by atoms with E-state index in [0.717, 1.165) is 28.4 Å². The first-order valence-electron chi connectivity index (χ1n) is 20.1. The average molecular weight is 735 g/mol. The second-order valence-electron chi connectivity index (χ2n) is 16.5. The molecule has 10 rings (SSSR count). The third-order valence-electron chi connectivity index (χ3n) is 12.6. The highest BCUT2D eigenvalue weighted by atomic mass is 15.1. The van der Waals surface area contributed by atoms with Crippen LogP contribution in [0.25, 0.3) is 43.4 Å². The van der Waals surface area contributed by atoms with Gasteiger partial charge in [-0.3, -0.25) is 0 Å². The van der Waals surface area contributed by atoms with Gasteiger partial charge in [0.1, 0.15) is 0 Å². The molecule has 0 heterocycles. The maximum Gasteiger partial charge on any atom is 0.0543 e. The molecule has 0 saturated heterocycles. The first kappa shape index (κ1) is 34.8. The molecule has 0 N–H and O–H groups in total. The van der Waals surface area contributed by atoms with Crippen molar-refractivity contribution in [2.75, 3.05) is 9.80 Å². The Bertz CT molecular complexity index is 3060. The van der Waals surface area contributed by atoms with Crippen LogP contribution in [0.5, 0.6) is 0 Å². The molecule has 0 saturated carbocycles. The van der Waals surface area contributed by atoms with E-state index < -0.39 is 0 Å². The number of hydrogen-bond acceptors (Lipinski definition) is 2. The molecule has 0 unspecified atom stereocenters. The van der Waals surface area contributed by atoms with Crippen LogP contribution in [-0.4, -0.2) is 0 Å².